The summed E-state index contributed by atoms with van der Waals surface area (Å²) in [4.78, 5) is 16.3. The van der Waals surface area contributed by atoms with Crippen molar-refractivity contribution in [3.8, 4) is 0 Å². The van der Waals surface area contributed by atoms with Crippen molar-refractivity contribution in [2.45, 2.75) is 58.5 Å². The van der Waals surface area contributed by atoms with E-state index in [2.05, 4.69) is 18.7 Å². The molecule has 1 aliphatic heterocycles. The molecular weight excluding hydrogens is 268 g/mol. The second-order valence-corrected chi connectivity index (χ2v) is 5.97. The minimum atomic E-state index is -0.170. The first kappa shape index (κ1) is 18.2. The Balaban J connectivity index is 2.27. The SMILES string of the molecule is CCOC(=O)N1C(C)CN(CCCCCCOC)CC1C. The zero-order valence-electron chi connectivity index (χ0n) is 14.1. The van der Waals surface area contributed by atoms with Gasteiger partial charge in [0.15, 0.2) is 0 Å². The van der Waals surface area contributed by atoms with Gasteiger partial charge >= 0.3 is 6.09 Å². The average Bonchev–Trinajstić information content (AvgIpc) is 2.42. The van der Waals surface area contributed by atoms with Crippen LogP contribution in [0.5, 0.6) is 0 Å². The minimum Gasteiger partial charge on any atom is -0.450 e. The lowest BCUT2D eigenvalue weighted by molar-refractivity contribution is 0.0255. The number of piperazine rings is 1. The Morgan fingerprint density at radius 3 is 2.29 bits per heavy atom. The molecule has 5 nitrogen and oxygen atoms in total. The van der Waals surface area contributed by atoms with E-state index >= 15 is 0 Å². The van der Waals surface area contributed by atoms with Crippen molar-refractivity contribution in [3.05, 3.63) is 0 Å². The molecule has 21 heavy (non-hydrogen) atoms. The Bertz CT molecular complexity index is 287. The summed E-state index contributed by atoms with van der Waals surface area (Å²) in [5.41, 5.74) is 0. The summed E-state index contributed by atoms with van der Waals surface area (Å²) < 4.78 is 10.2. The van der Waals surface area contributed by atoms with Gasteiger partial charge in [-0.05, 0) is 40.2 Å². The molecule has 124 valence electrons. The molecule has 0 aromatic carbocycles. The van der Waals surface area contributed by atoms with Crippen LogP contribution in [0.4, 0.5) is 4.79 Å². The summed E-state index contributed by atoms with van der Waals surface area (Å²) in [7, 11) is 1.76. The molecule has 0 N–H and O–H groups in total. The first-order chi connectivity index (χ1) is 10.1. The number of hydrogen-bond donors (Lipinski definition) is 0. The van der Waals surface area contributed by atoms with Gasteiger partial charge in [-0.2, -0.15) is 0 Å². The molecule has 0 aromatic heterocycles. The number of methoxy groups -OCH3 is 1. The third-order valence-electron chi connectivity index (χ3n) is 4.05. The van der Waals surface area contributed by atoms with Gasteiger partial charge in [-0.3, -0.25) is 4.90 Å². The van der Waals surface area contributed by atoms with Crippen molar-refractivity contribution in [1.82, 2.24) is 9.80 Å². The van der Waals surface area contributed by atoms with E-state index in [1.807, 2.05) is 11.8 Å². The standard InChI is InChI=1S/C16H32N2O3/c1-5-21-16(19)18-14(2)12-17(13-15(18)3)10-8-6-7-9-11-20-4/h14-15H,5-13H2,1-4H3. The van der Waals surface area contributed by atoms with Gasteiger partial charge in [-0.1, -0.05) is 12.8 Å². The number of hydrogen-bond acceptors (Lipinski definition) is 4. The molecule has 1 amide bonds. The summed E-state index contributed by atoms with van der Waals surface area (Å²) in [6.07, 6.45) is 4.70. The van der Waals surface area contributed by atoms with E-state index < -0.39 is 0 Å². The number of rotatable bonds is 8. The first-order valence-electron chi connectivity index (χ1n) is 8.26. The van der Waals surface area contributed by atoms with Gasteiger partial charge in [0.25, 0.3) is 0 Å². The number of carbonyl (C=O) groups excluding carboxylic acids is 1. The summed E-state index contributed by atoms with van der Waals surface area (Å²) in [5, 5.41) is 0. The Morgan fingerprint density at radius 1 is 1.10 bits per heavy atom. The monoisotopic (exact) mass is 300 g/mol. The maximum absolute atomic E-state index is 12.0. The first-order valence-corrected chi connectivity index (χ1v) is 8.26. The Hall–Kier alpha value is -0.810. The lowest BCUT2D eigenvalue weighted by Crippen LogP contribution is -2.58. The van der Waals surface area contributed by atoms with Crippen molar-refractivity contribution in [3.63, 3.8) is 0 Å². The van der Waals surface area contributed by atoms with Crippen LogP contribution >= 0.6 is 0 Å². The molecule has 5 heteroatoms. The largest absolute Gasteiger partial charge is 0.450 e. The number of ether oxygens (including phenoxy) is 2. The summed E-state index contributed by atoms with van der Waals surface area (Å²) in [6.45, 7) is 10.4. The zero-order valence-corrected chi connectivity index (χ0v) is 14.1. The van der Waals surface area contributed by atoms with Gasteiger partial charge < -0.3 is 14.4 Å². The lowest BCUT2D eigenvalue weighted by Gasteiger charge is -2.43. The van der Waals surface area contributed by atoms with Crippen molar-refractivity contribution in [2.75, 3.05) is 40.0 Å². The van der Waals surface area contributed by atoms with Gasteiger partial charge in [-0.25, -0.2) is 4.79 Å². The Morgan fingerprint density at radius 2 is 1.71 bits per heavy atom. The van der Waals surface area contributed by atoms with Crippen molar-refractivity contribution >= 4 is 6.09 Å². The molecule has 1 fully saturated rings. The van der Waals surface area contributed by atoms with Crippen molar-refractivity contribution < 1.29 is 14.3 Å². The fourth-order valence-corrected chi connectivity index (χ4v) is 3.11. The van der Waals surface area contributed by atoms with E-state index in [0.29, 0.717) is 6.61 Å². The van der Waals surface area contributed by atoms with E-state index in [4.69, 9.17) is 9.47 Å². The molecule has 0 spiro atoms. The number of unbranched alkanes of at least 4 members (excludes halogenated alkanes) is 3. The van der Waals surface area contributed by atoms with Gasteiger partial charge in [-0.15, -0.1) is 0 Å². The Kier molecular flexibility index (Phi) is 8.69. The highest BCUT2D eigenvalue weighted by atomic mass is 16.6. The maximum Gasteiger partial charge on any atom is 0.410 e. The molecule has 0 aromatic rings. The maximum atomic E-state index is 12.0. The quantitative estimate of drug-likeness (QED) is 0.646. The molecular formula is C16H32N2O3. The highest BCUT2D eigenvalue weighted by molar-refractivity contribution is 5.68. The van der Waals surface area contributed by atoms with Crippen LogP contribution in [0.2, 0.25) is 0 Å². The molecule has 0 aliphatic carbocycles. The van der Waals surface area contributed by atoms with Crippen LogP contribution in [-0.4, -0.2) is 67.9 Å². The van der Waals surface area contributed by atoms with Crippen molar-refractivity contribution in [2.24, 2.45) is 0 Å². The zero-order chi connectivity index (χ0) is 15.7. The summed E-state index contributed by atoms with van der Waals surface area (Å²) >= 11 is 0. The predicted molar refractivity (Wildman–Crippen MR) is 84.6 cm³/mol. The van der Waals surface area contributed by atoms with Gasteiger partial charge in [0, 0.05) is 38.9 Å². The normalized spacial score (nSPS) is 23.3. The molecule has 0 bridgehead atoms. The number of nitrogens with zero attached hydrogens (tertiary/aromatic N) is 2. The second-order valence-electron chi connectivity index (χ2n) is 5.97. The van der Waals surface area contributed by atoms with Crippen LogP contribution in [0.25, 0.3) is 0 Å². The molecule has 1 heterocycles. The van der Waals surface area contributed by atoms with Gasteiger partial charge in [0.2, 0.25) is 0 Å². The van der Waals surface area contributed by atoms with Crippen molar-refractivity contribution in [1.29, 1.82) is 0 Å². The van der Waals surface area contributed by atoms with Crippen LogP contribution in [0.3, 0.4) is 0 Å². The molecule has 0 saturated carbocycles. The van der Waals surface area contributed by atoms with E-state index in [9.17, 15) is 4.79 Å². The topological polar surface area (TPSA) is 42.0 Å². The van der Waals surface area contributed by atoms with E-state index in [-0.39, 0.29) is 18.2 Å². The average molecular weight is 300 g/mol. The number of amides is 1. The van der Waals surface area contributed by atoms with Crippen LogP contribution in [0, 0.1) is 0 Å². The van der Waals surface area contributed by atoms with Crippen LogP contribution in [-0.2, 0) is 9.47 Å². The second kappa shape index (κ2) is 10.0. The van der Waals surface area contributed by atoms with Crippen LogP contribution in [0.15, 0.2) is 0 Å². The third-order valence-corrected chi connectivity index (χ3v) is 4.05. The predicted octanol–water partition coefficient (Wildman–Crippen LogP) is 2.74. The number of carbonyl (C=O) groups is 1. The minimum absolute atomic E-state index is 0.170. The van der Waals surface area contributed by atoms with Gasteiger partial charge in [0.1, 0.15) is 0 Å². The third kappa shape index (κ3) is 6.22. The van der Waals surface area contributed by atoms with Gasteiger partial charge in [0.05, 0.1) is 6.61 Å². The fourth-order valence-electron chi connectivity index (χ4n) is 3.11. The molecule has 2 unspecified atom stereocenters. The summed E-state index contributed by atoms with van der Waals surface area (Å²) in [6, 6.07) is 0.447. The Labute approximate surface area is 129 Å². The molecule has 1 saturated heterocycles. The van der Waals surface area contributed by atoms with Crippen LogP contribution in [0.1, 0.15) is 46.5 Å². The van der Waals surface area contributed by atoms with E-state index in [1.54, 1.807) is 7.11 Å². The lowest BCUT2D eigenvalue weighted by atomic mass is 10.1. The molecule has 1 rings (SSSR count). The highest BCUT2D eigenvalue weighted by Gasteiger charge is 2.33. The smallest absolute Gasteiger partial charge is 0.410 e. The highest BCUT2D eigenvalue weighted by Crippen LogP contribution is 2.17. The van der Waals surface area contributed by atoms with E-state index in [1.165, 1.54) is 19.3 Å². The molecule has 1 aliphatic rings. The molecule has 2 atom stereocenters. The fraction of sp³-hybridized carbons (Fsp3) is 0.938. The molecule has 0 radical (unpaired) electrons. The summed E-state index contributed by atoms with van der Waals surface area (Å²) in [5.74, 6) is 0. The van der Waals surface area contributed by atoms with Crippen LogP contribution < -0.4 is 0 Å². The van der Waals surface area contributed by atoms with E-state index in [0.717, 1.165) is 32.7 Å².